The minimum absolute atomic E-state index is 0.0141. The van der Waals surface area contributed by atoms with E-state index >= 15 is 0 Å². The zero-order chi connectivity index (χ0) is 30.8. The minimum atomic E-state index is -0.0141. The molecule has 9 rings (SSSR count). The molecule has 1 unspecified atom stereocenters. The van der Waals surface area contributed by atoms with Gasteiger partial charge in [0.25, 0.3) is 0 Å². The highest BCUT2D eigenvalue weighted by atomic mass is 15.1. The lowest BCUT2D eigenvalue weighted by Gasteiger charge is -2.42. The van der Waals surface area contributed by atoms with E-state index < -0.39 is 0 Å². The highest BCUT2D eigenvalue weighted by Gasteiger charge is 2.37. The van der Waals surface area contributed by atoms with Crippen molar-refractivity contribution in [3.8, 4) is 11.4 Å². The number of piperidine rings is 1. The predicted molar refractivity (Wildman–Crippen MR) is 193 cm³/mol. The fraction of sp³-hybridized carbons (Fsp3) is 0.209. The Labute approximate surface area is 271 Å². The normalized spacial score (nSPS) is 18.0. The van der Waals surface area contributed by atoms with Gasteiger partial charge in [-0.3, -0.25) is 0 Å². The van der Waals surface area contributed by atoms with Crippen molar-refractivity contribution in [1.29, 1.82) is 0 Å². The molecule has 2 aromatic heterocycles. The van der Waals surface area contributed by atoms with Crippen LogP contribution in [-0.4, -0.2) is 34.2 Å². The molecule has 5 aromatic carbocycles. The number of fused-ring (bicyclic) bond motifs is 6. The van der Waals surface area contributed by atoms with Gasteiger partial charge in [-0.25, -0.2) is 0 Å². The lowest BCUT2D eigenvalue weighted by Crippen LogP contribution is -2.41. The second-order valence-corrected chi connectivity index (χ2v) is 13.6. The molecule has 7 aromatic rings. The van der Waals surface area contributed by atoms with Gasteiger partial charge in [-0.05, 0) is 98.9 Å². The van der Waals surface area contributed by atoms with Crippen LogP contribution in [0, 0.1) is 5.92 Å². The van der Waals surface area contributed by atoms with Crippen molar-refractivity contribution in [1.82, 2.24) is 14.0 Å². The molecule has 0 saturated carbocycles. The molecule has 1 aliphatic carbocycles. The van der Waals surface area contributed by atoms with Crippen LogP contribution in [0.1, 0.15) is 42.1 Å². The van der Waals surface area contributed by atoms with E-state index in [2.05, 4.69) is 161 Å². The van der Waals surface area contributed by atoms with Gasteiger partial charge in [-0.15, -0.1) is 0 Å². The molecule has 1 aliphatic heterocycles. The summed E-state index contributed by atoms with van der Waals surface area (Å²) in [4.78, 5) is 2.48. The van der Waals surface area contributed by atoms with Crippen LogP contribution in [0.15, 0.2) is 127 Å². The number of allylic oxidation sites excluding steroid dienone is 1. The zero-order valence-corrected chi connectivity index (χ0v) is 26.7. The molecule has 3 heterocycles. The van der Waals surface area contributed by atoms with Crippen molar-refractivity contribution in [2.75, 3.05) is 20.1 Å². The maximum atomic E-state index is 2.51. The van der Waals surface area contributed by atoms with Crippen molar-refractivity contribution in [3.05, 3.63) is 150 Å². The predicted octanol–water partition coefficient (Wildman–Crippen LogP) is 9.94. The average Bonchev–Trinajstić information content (AvgIpc) is 3.61. The molecule has 0 amide bonds. The summed E-state index contributed by atoms with van der Waals surface area (Å²) in [6.45, 7) is 4.51. The van der Waals surface area contributed by atoms with E-state index in [1.54, 1.807) is 0 Å². The molecule has 0 N–H and O–H groups in total. The fourth-order valence-corrected chi connectivity index (χ4v) is 8.44. The largest absolute Gasteiger partial charge is 0.313 e. The Morgan fingerprint density at radius 3 is 1.61 bits per heavy atom. The minimum Gasteiger partial charge on any atom is -0.313 e. The average molecular weight is 598 g/mol. The molecule has 0 radical (unpaired) electrons. The smallest absolute Gasteiger partial charge is 0.0541 e. The van der Waals surface area contributed by atoms with Gasteiger partial charge in [0, 0.05) is 44.2 Å². The van der Waals surface area contributed by atoms with Crippen LogP contribution in [0.3, 0.4) is 0 Å². The van der Waals surface area contributed by atoms with Crippen LogP contribution in [0.5, 0.6) is 0 Å². The van der Waals surface area contributed by atoms with Crippen LogP contribution in [0.2, 0.25) is 0 Å². The summed E-state index contributed by atoms with van der Waals surface area (Å²) in [5, 5.41) is 3.95. The summed E-state index contributed by atoms with van der Waals surface area (Å²) in [5.41, 5.74) is 11.9. The number of hydrogen-bond donors (Lipinski definition) is 0. The summed E-state index contributed by atoms with van der Waals surface area (Å²) in [7, 11) is 2.26. The molecule has 3 nitrogen and oxygen atoms in total. The SMILES string of the molecule is CC1C=Cc2c(n(-c3ccc(C4(c5ccc(-n6c7ccccc7c7ccccc76)cc5)CCN(C)CC4)cc3)c3ccccc23)C1. The standard InChI is InChI=1S/C43H39N3/c1-30-15-24-38-37-11-5-8-14-41(37)46(42(38)29-30)34-22-18-32(19-23-34)43(25-27-44(2)28-26-43)31-16-20-33(21-17-31)45-39-12-6-3-9-35(39)36-10-4-7-13-40(36)45/h3-24,30H,25-29H2,1-2H3. The van der Waals surface area contributed by atoms with Gasteiger partial charge in [0.1, 0.15) is 0 Å². The van der Waals surface area contributed by atoms with Crippen molar-refractivity contribution < 1.29 is 0 Å². The molecule has 3 heteroatoms. The van der Waals surface area contributed by atoms with Crippen LogP contribution < -0.4 is 0 Å². The van der Waals surface area contributed by atoms with E-state index in [-0.39, 0.29) is 5.41 Å². The number of likely N-dealkylation sites (tertiary alicyclic amines) is 1. The van der Waals surface area contributed by atoms with Crippen LogP contribution in [0.25, 0.3) is 50.2 Å². The third-order valence-corrected chi connectivity index (χ3v) is 10.9. The Morgan fingerprint density at radius 1 is 0.565 bits per heavy atom. The number of aromatic nitrogens is 2. The Bertz CT molecular complexity index is 2200. The molecule has 0 bridgehead atoms. The van der Waals surface area contributed by atoms with E-state index in [1.165, 1.54) is 66.5 Å². The monoisotopic (exact) mass is 597 g/mol. The molecular weight excluding hydrogens is 558 g/mol. The number of benzene rings is 5. The first-order valence-corrected chi connectivity index (χ1v) is 16.8. The summed E-state index contributed by atoms with van der Waals surface area (Å²) in [6.07, 6.45) is 7.99. The quantitative estimate of drug-likeness (QED) is 0.197. The first-order chi connectivity index (χ1) is 22.6. The zero-order valence-electron chi connectivity index (χ0n) is 26.7. The number of para-hydroxylation sites is 3. The molecule has 0 spiro atoms. The summed E-state index contributed by atoms with van der Waals surface area (Å²) in [6, 6.07) is 45.5. The van der Waals surface area contributed by atoms with Crippen molar-refractivity contribution in [3.63, 3.8) is 0 Å². The highest BCUT2D eigenvalue weighted by molar-refractivity contribution is 6.09. The van der Waals surface area contributed by atoms with E-state index in [1.807, 2.05) is 0 Å². The molecule has 1 saturated heterocycles. The lowest BCUT2D eigenvalue weighted by atomic mass is 9.68. The molecule has 1 fully saturated rings. The van der Waals surface area contributed by atoms with Crippen LogP contribution in [-0.2, 0) is 11.8 Å². The Kier molecular flexibility index (Phi) is 6.33. The highest BCUT2D eigenvalue weighted by Crippen LogP contribution is 2.43. The maximum Gasteiger partial charge on any atom is 0.0541 e. The van der Waals surface area contributed by atoms with Crippen LogP contribution in [0.4, 0.5) is 0 Å². The van der Waals surface area contributed by atoms with Gasteiger partial charge in [0.2, 0.25) is 0 Å². The van der Waals surface area contributed by atoms with Gasteiger partial charge in [0.05, 0.1) is 16.6 Å². The fourth-order valence-electron chi connectivity index (χ4n) is 8.44. The third kappa shape index (κ3) is 4.15. The van der Waals surface area contributed by atoms with Gasteiger partial charge < -0.3 is 14.0 Å². The van der Waals surface area contributed by atoms with Crippen molar-refractivity contribution >= 4 is 38.8 Å². The Balaban J connectivity index is 1.13. The third-order valence-electron chi connectivity index (χ3n) is 10.9. The number of nitrogens with zero attached hydrogens (tertiary/aromatic N) is 3. The molecule has 46 heavy (non-hydrogen) atoms. The molecule has 226 valence electrons. The molecular formula is C43H39N3. The Morgan fingerprint density at radius 2 is 1.04 bits per heavy atom. The van der Waals surface area contributed by atoms with Gasteiger partial charge in [-0.1, -0.05) is 97.9 Å². The first-order valence-electron chi connectivity index (χ1n) is 16.8. The van der Waals surface area contributed by atoms with Crippen molar-refractivity contribution in [2.24, 2.45) is 5.92 Å². The topological polar surface area (TPSA) is 13.1 Å². The van der Waals surface area contributed by atoms with Gasteiger partial charge >= 0.3 is 0 Å². The molecule has 2 aliphatic rings. The van der Waals surface area contributed by atoms with E-state index in [0.717, 1.165) is 32.4 Å². The van der Waals surface area contributed by atoms with E-state index in [9.17, 15) is 0 Å². The second-order valence-electron chi connectivity index (χ2n) is 13.6. The van der Waals surface area contributed by atoms with Gasteiger partial charge in [0.15, 0.2) is 0 Å². The summed E-state index contributed by atoms with van der Waals surface area (Å²) < 4.78 is 4.93. The van der Waals surface area contributed by atoms with E-state index in [4.69, 9.17) is 0 Å². The van der Waals surface area contributed by atoms with E-state index in [0.29, 0.717) is 5.92 Å². The summed E-state index contributed by atoms with van der Waals surface area (Å²) in [5.74, 6) is 0.544. The summed E-state index contributed by atoms with van der Waals surface area (Å²) >= 11 is 0. The first kappa shape index (κ1) is 27.5. The number of rotatable bonds is 4. The maximum absolute atomic E-state index is 2.51. The van der Waals surface area contributed by atoms with Crippen LogP contribution >= 0.6 is 0 Å². The second kappa shape index (κ2) is 10.6. The number of hydrogen-bond acceptors (Lipinski definition) is 1. The van der Waals surface area contributed by atoms with Gasteiger partial charge in [-0.2, -0.15) is 0 Å². The van der Waals surface area contributed by atoms with Crippen molar-refractivity contribution in [2.45, 2.75) is 31.6 Å². The molecule has 1 atom stereocenters. The Hall–Kier alpha value is -4.86. The lowest BCUT2D eigenvalue weighted by molar-refractivity contribution is 0.213.